The van der Waals surface area contributed by atoms with Gasteiger partial charge in [-0.05, 0) is 44.1 Å². The maximum atomic E-state index is 11.7. The lowest BCUT2D eigenvalue weighted by atomic mass is 9.88. The van der Waals surface area contributed by atoms with E-state index in [0.717, 1.165) is 19.4 Å². The van der Waals surface area contributed by atoms with E-state index in [0.29, 0.717) is 29.4 Å². The summed E-state index contributed by atoms with van der Waals surface area (Å²) < 4.78 is 23.3. The molecule has 1 aromatic heterocycles. The summed E-state index contributed by atoms with van der Waals surface area (Å²) >= 11 is 1.67. The van der Waals surface area contributed by atoms with Gasteiger partial charge < -0.3 is 5.32 Å². The maximum absolute atomic E-state index is 11.7. The molecule has 2 fully saturated rings. The van der Waals surface area contributed by atoms with Crippen LogP contribution in [-0.2, 0) is 16.3 Å². The standard InChI is InChI=1S/C13H20N2O2S2/c16-19(17)4-3-10(8-19)11(6-15-12-1-2-12)5-13-7-14-9-18-13/h7,9-12,15H,1-6,8H2. The fourth-order valence-corrected chi connectivity index (χ4v) is 5.42. The highest BCUT2D eigenvalue weighted by Crippen LogP contribution is 2.30. The molecule has 0 aromatic carbocycles. The lowest BCUT2D eigenvalue weighted by Crippen LogP contribution is -2.31. The molecule has 1 aromatic rings. The zero-order chi connectivity index (χ0) is 13.3. The van der Waals surface area contributed by atoms with E-state index in [1.54, 1.807) is 11.3 Å². The van der Waals surface area contributed by atoms with Crippen LogP contribution in [0.25, 0.3) is 0 Å². The zero-order valence-electron chi connectivity index (χ0n) is 10.9. The molecular formula is C13H20N2O2S2. The van der Waals surface area contributed by atoms with Gasteiger partial charge in [-0.25, -0.2) is 8.42 Å². The monoisotopic (exact) mass is 300 g/mol. The van der Waals surface area contributed by atoms with Gasteiger partial charge in [-0.15, -0.1) is 11.3 Å². The number of hydrogen-bond donors (Lipinski definition) is 1. The Balaban J connectivity index is 1.64. The van der Waals surface area contributed by atoms with Crippen molar-refractivity contribution in [3.05, 3.63) is 16.6 Å². The van der Waals surface area contributed by atoms with E-state index in [1.165, 1.54) is 17.7 Å². The predicted molar refractivity (Wildman–Crippen MR) is 77.1 cm³/mol. The van der Waals surface area contributed by atoms with E-state index in [1.807, 2.05) is 11.7 Å². The normalized spacial score (nSPS) is 27.5. The summed E-state index contributed by atoms with van der Waals surface area (Å²) in [5.41, 5.74) is 1.85. The van der Waals surface area contributed by atoms with E-state index in [-0.39, 0.29) is 0 Å². The maximum Gasteiger partial charge on any atom is 0.150 e. The number of rotatable bonds is 6. The Hall–Kier alpha value is -0.460. The minimum Gasteiger partial charge on any atom is -0.314 e. The number of nitrogens with zero attached hydrogens (tertiary/aromatic N) is 1. The fourth-order valence-electron chi connectivity index (χ4n) is 2.81. The first kappa shape index (κ1) is 13.5. The fraction of sp³-hybridized carbons (Fsp3) is 0.769. The van der Waals surface area contributed by atoms with Crippen molar-refractivity contribution in [1.29, 1.82) is 0 Å². The smallest absolute Gasteiger partial charge is 0.150 e. The second-order valence-electron chi connectivity index (χ2n) is 5.78. The van der Waals surface area contributed by atoms with Crippen LogP contribution in [0.15, 0.2) is 11.7 Å². The Kier molecular flexibility index (Phi) is 3.91. The Morgan fingerprint density at radius 2 is 2.26 bits per heavy atom. The SMILES string of the molecule is O=S1(=O)CCC(C(CNC2CC2)Cc2cncs2)C1. The molecule has 1 N–H and O–H groups in total. The molecule has 3 rings (SSSR count). The first-order valence-corrected chi connectivity index (χ1v) is 9.64. The predicted octanol–water partition coefficient (Wildman–Crippen LogP) is 1.49. The summed E-state index contributed by atoms with van der Waals surface area (Å²) in [6.07, 6.45) is 6.26. The van der Waals surface area contributed by atoms with Crippen LogP contribution in [0.4, 0.5) is 0 Å². The van der Waals surface area contributed by atoms with Crippen molar-refractivity contribution in [3.8, 4) is 0 Å². The number of sulfone groups is 1. The highest BCUT2D eigenvalue weighted by molar-refractivity contribution is 7.91. The molecule has 1 saturated carbocycles. The average Bonchev–Trinajstić information content (AvgIpc) is 2.91. The highest BCUT2D eigenvalue weighted by Gasteiger charge is 2.34. The number of nitrogens with one attached hydrogen (secondary N) is 1. The van der Waals surface area contributed by atoms with Crippen molar-refractivity contribution in [2.24, 2.45) is 11.8 Å². The van der Waals surface area contributed by atoms with Crippen molar-refractivity contribution in [2.45, 2.75) is 31.7 Å². The summed E-state index contributed by atoms with van der Waals surface area (Å²) in [7, 11) is -2.78. The van der Waals surface area contributed by atoms with Crippen molar-refractivity contribution >= 4 is 21.2 Å². The zero-order valence-corrected chi connectivity index (χ0v) is 12.5. The Bertz CT molecular complexity index is 509. The molecule has 0 radical (unpaired) electrons. The van der Waals surface area contributed by atoms with Gasteiger partial charge in [-0.2, -0.15) is 0 Å². The third-order valence-electron chi connectivity index (χ3n) is 4.13. The number of thiazole rings is 1. The molecular weight excluding hydrogens is 280 g/mol. The van der Waals surface area contributed by atoms with Crippen LogP contribution in [0.1, 0.15) is 24.1 Å². The molecule has 0 bridgehead atoms. The number of aromatic nitrogens is 1. The van der Waals surface area contributed by atoms with Gasteiger partial charge >= 0.3 is 0 Å². The van der Waals surface area contributed by atoms with E-state index in [9.17, 15) is 8.42 Å². The van der Waals surface area contributed by atoms with Gasteiger partial charge in [0.15, 0.2) is 9.84 Å². The van der Waals surface area contributed by atoms with Crippen LogP contribution < -0.4 is 5.32 Å². The van der Waals surface area contributed by atoms with Crippen LogP contribution in [0.2, 0.25) is 0 Å². The highest BCUT2D eigenvalue weighted by atomic mass is 32.2. The summed E-state index contributed by atoms with van der Waals surface area (Å²) in [5, 5.41) is 3.56. The second kappa shape index (κ2) is 5.50. The third kappa shape index (κ3) is 3.77. The molecule has 2 heterocycles. The van der Waals surface area contributed by atoms with Gasteiger partial charge in [-0.1, -0.05) is 0 Å². The Morgan fingerprint density at radius 1 is 1.42 bits per heavy atom. The van der Waals surface area contributed by atoms with E-state index < -0.39 is 9.84 Å². The molecule has 19 heavy (non-hydrogen) atoms. The summed E-state index contributed by atoms with van der Waals surface area (Å²) in [5.74, 6) is 1.50. The van der Waals surface area contributed by atoms with Crippen molar-refractivity contribution in [2.75, 3.05) is 18.1 Å². The summed E-state index contributed by atoms with van der Waals surface area (Å²) in [6, 6.07) is 0.682. The molecule has 1 aliphatic heterocycles. The molecule has 2 aliphatic rings. The van der Waals surface area contributed by atoms with Crippen LogP contribution in [-0.4, -0.2) is 37.5 Å². The van der Waals surface area contributed by atoms with Crippen molar-refractivity contribution < 1.29 is 8.42 Å². The largest absolute Gasteiger partial charge is 0.314 e. The van der Waals surface area contributed by atoms with Gasteiger partial charge in [0, 0.05) is 17.1 Å². The van der Waals surface area contributed by atoms with Gasteiger partial charge in [0.1, 0.15) is 0 Å². The minimum atomic E-state index is -2.78. The molecule has 0 spiro atoms. The van der Waals surface area contributed by atoms with Gasteiger partial charge in [0.25, 0.3) is 0 Å². The molecule has 0 amide bonds. The van der Waals surface area contributed by atoms with E-state index >= 15 is 0 Å². The second-order valence-corrected chi connectivity index (χ2v) is 8.98. The quantitative estimate of drug-likeness (QED) is 0.865. The topological polar surface area (TPSA) is 59.1 Å². The van der Waals surface area contributed by atoms with Gasteiger partial charge in [0.05, 0.1) is 17.0 Å². The van der Waals surface area contributed by atoms with Crippen LogP contribution in [0.5, 0.6) is 0 Å². The average molecular weight is 300 g/mol. The molecule has 106 valence electrons. The molecule has 2 atom stereocenters. The van der Waals surface area contributed by atoms with Gasteiger partial charge in [0.2, 0.25) is 0 Å². The van der Waals surface area contributed by atoms with Gasteiger partial charge in [-0.3, -0.25) is 4.98 Å². The van der Waals surface area contributed by atoms with Crippen LogP contribution >= 0.6 is 11.3 Å². The lowest BCUT2D eigenvalue weighted by Gasteiger charge is -2.22. The van der Waals surface area contributed by atoms with Crippen molar-refractivity contribution in [1.82, 2.24) is 10.3 Å². The minimum absolute atomic E-state index is 0.318. The van der Waals surface area contributed by atoms with Crippen LogP contribution in [0, 0.1) is 11.8 Å². The molecule has 2 unspecified atom stereocenters. The first-order chi connectivity index (χ1) is 9.12. The Labute approximate surface area is 118 Å². The summed E-state index contributed by atoms with van der Waals surface area (Å²) in [6.45, 7) is 0.947. The first-order valence-electron chi connectivity index (χ1n) is 6.93. The molecule has 1 saturated heterocycles. The van der Waals surface area contributed by atoms with Crippen LogP contribution in [0.3, 0.4) is 0 Å². The number of hydrogen-bond acceptors (Lipinski definition) is 5. The molecule has 6 heteroatoms. The summed E-state index contributed by atoms with van der Waals surface area (Å²) in [4.78, 5) is 5.39. The molecule has 1 aliphatic carbocycles. The van der Waals surface area contributed by atoms with E-state index in [4.69, 9.17) is 0 Å². The molecule has 4 nitrogen and oxygen atoms in total. The Morgan fingerprint density at radius 3 is 2.84 bits per heavy atom. The van der Waals surface area contributed by atoms with Crippen molar-refractivity contribution in [3.63, 3.8) is 0 Å². The third-order valence-corrected chi connectivity index (χ3v) is 6.72. The lowest BCUT2D eigenvalue weighted by molar-refractivity contribution is 0.344. The van der Waals surface area contributed by atoms with E-state index in [2.05, 4.69) is 10.3 Å².